The van der Waals surface area contributed by atoms with Crippen LogP contribution < -0.4 is 0 Å². The van der Waals surface area contributed by atoms with E-state index in [1.165, 1.54) is 11.1 Å². The van der Waals surface area contributed by atoms with E-state index in [1.807, 2.05) is 108 Å². The van der Waals surface area contributed by atoms with E-state index < -0.39 is 0 Å². The average molecular weight is 642 g/mol. The second-order valence-electron chi connectivity index (χ2n) is 7.86. The summed E-state index contributed by atoms with van der Waals surface area (Å²) in [5.41, 5.74) is 7.57. The van der Waals surface area contributed by atoms with Gasteiger partial charge in [0.25, 0.3) is 0 Å². The number of pyridine rings is 1. The summed E-state index contributed by atoms with van der Waals surface area (Å²) in [5, 5.41) is 4.45. The zero-order chi connectivity index (χ0) is 23.7. The molecule has 0 atom stereocenters. The summed E-state index contributed by atoms with van der Waals surface area (Å²) in [6.45, 7) is 0. The van der Waals surface area contributed by atoms with Gasteiger partial charge in [-0.15, -0.1) is 47.5 Å². The Hall–Kier alpha value is -4.11. The molecule has 0 fully saturated rings. The van der Waals surface area contributed by atoms with Crippen molar-refractivity contribution in [2.45, 2.75) is 0 Å². The van der Waals surface area contributed by atoms with Gasteiger partial charge in [-0.1, -0.05) is 78.4 Å². The molecule has 0 aliphatic heterocycles. The molecule has 0 N–H and O–H groups in total. The largest absolute Gasteiger partial charge is 0.305 e. The van der Waals surface area contributed by atoms with Gasteiger partial charge in [0.05, 0.1) is 6.20 Å². The fourth-order valence-electron chi connectivity index (χ4n) is 3.68. The van der Waals surface area contributed by atoms with Gasteiger partial charge < -0.3 is 4.98 Å². The van der Waals surface area contributed by atoms with Crippen LogP contribution in [0.5, 0.6) is 0 Å². The van der Waals surface area contributed by atoms with E-state index in [1.54, 1.807) is 6.20 Å². The van der Waals surface area contributed by atoms with Gasteiger partial charge in [0.1, 0.15) is 0 Å². The van der Waals surface area contributed by atoms with Gasteiger partial charge in [0.2, 0.25) is 0 Å². The van der Waals surface area contributed by atoms with Crippen molar-refractivity contribution in [3.63, 3.8) is 0 Å². The first-order valence-electron chi connectivity index (χ1n) is 11.4. The van der Waals surface area contributed by atoms with Crippen molar-refractivity contribution >= 4 is 0 Å². The third-order valence-corrected chi connectivity index (χ3v) is 5.49. The number of aromatic nitrogens is 3. The molecule has 6 aromatic rings. The van der Waals surface area contributed by atoms with E-state index in [0.717, 1.165) is 28.1 Å². The van der Waals surface area contributed by atoms with Crippen molar-refractivity contribution in [3.05, 3.63) is 152 Å². The van der Waals surface area contributed by atoms with Crippen molar-refractivity contribution in [1.29, 1.82) is 0 Å². The van der Waals surface area contributed by atoms with E-state index in [9.17, 15) is 0 Å². The van der Waals surface area contributed by atoms with Crippen LogP contribution in [0.3, 0.4) is 0 Å². The second kappa shape index (κ2) is 12.6. The molecule has 0 saturated carbocycles. The Morgan fingerprint density at radius 3 is 1.89 bits per heavy atom. The molecule has 177 valence electrons. The van der Waals surface area contributed by atoms with Crippen LogP contribution in [-0.2, 0) is 20.1 Å². The first-order chi connectivity index (χ1) is 17.4. The maximum absolute atomic E-state index is 4.45. The van der Waals surface area contributed by atoms with Crippen LogP contribution in [0.15, 0.2) is 140 Å². The molecule has 0 aliphatic rings. The smallest absolute Gasteiger partial charge is 0.0571 e. The SMILES string of the molecule is [Ir].[c-]1cc(-c2ccccc2)ccc1-n1cc(-c2ccccc2)cn1.[c-]1ccccc1-c1ccccn1. The summed E-state index contributed by atoms with van der Waals surface area (Å²) < 4.78 is 1.86. The predicted molar refractivity (Wildman–Crippen MR) is 142 cm³/mol. The van der Waals surface area contributed by atoms with Gasteiger partial charge in [0.15, 0.2) is 0 Å². The number of hydrogen-bond acceptors (Lipinski definition) is 2. The summed E-state index contributed by atoms with van der Waals surface area (Å²) in [4.78, 5) is 4.22. The van der Waals surface area contributed by atoms with Gasteiger partial charge in [-0.2, -0.15) is 23.3 Å². The minimum absolute atomic E-state index is 0. The Morgan fingerprint density at radius 2 is 1.28 bits per heavy atom. The Bertz CT molecular complexity index is 1410. The number of nitrogens with zero attached hydrogens (tertiary/aromatic N) is 3. The maximum atomic E-state index is 4.45. The van der Waals surface area contributed by atoms with Crippen LogP contribution in [0.1, 0.15) is 0 Å². The van der Waals surface area contributed by atoms with Gasteiger partial charge in [-0.05, 0) is 23.0 Å². The molecular weight excluding hydrogens is 619 g/mol. The van der Waals surface area contributed by atoms with E-state index in [2.05, 4.69) is 52.5 Å². The Balaban J connectivity index is 0.000000198. The number of benzene rings is 4. The summed E-state index contributed by atoms with van der Waals surface area (Å²) in [7, 11) is 0. The number of rotatable bonds is 4. The number of hydrogen-bond donors (Lipinski definition) is 0. The molecule has 2 aromatic heterocycles. The molecule has 0 spiro atoms. The topological polar surface area (TPSA) is 30.7 Å². The van der Waals surface area contributed by atoms with E-state index in [0.29, 0.717) is 0 Å². The zero-order valence-electron chi connectivity index (χ0n) is 19.5. The van der Waals surface area contributed by atoms with Crippen molar-refractivity contribution < 1.29 is 20.1 Å². The van der Waals surface area contributed by atoms with Gasteiger partial charge >= 0.3 is 0 Å². The van der Waals surface area contributed by atoms with Crippen LogP contribution >= 0.6 is 0 Å². The zero-order valence-corrected chi connectivity index (χ0v) is 21.8. The molecule has 0 aliphatic carbocycles. The molecule has 0 amide bonds. The van der Waals surface area contributed by atoms with Gasteiger partial charge in [-0.25, -0.2) is 0 Å². The van der Waals surface area contributed by atoms with Gasteiger partial charge in [-0.3, -0.25) is 4.68 Å². The van der Waals surface area contributed by atoms with Crippen LogP contribution in [-0.4, -0.2) is 14.8 Å². The molecule has 2 heterocycles. The summed E-state index contributed by atoms with van der Waals surface area (Å²) in [6, 6.07) is 46.9. The minimum Gasteiger partial charge on any atom is -0.305 e. The molecule has 0 bridgehead atoms. The molecule has 0 saturated heterocycles. The third-order valence-electron chi connectivity index (χ3n) is 5.49. The maximum Gasteiger partial charge on any atom is 0.0571 e. The fourth-order valence-corrected chi connectivity index (χ4v) is 3.68. The van der Waals surface area contributed by atoms with E-state index in [4.69, 9.17) is 0 Å². The Morgan fingerprint density at radius 1 is 0.583 bits per heavy atom. The quantitative estimate of drug-likeness (QED) is 0.186. The van der Waals surface area contributed by atoms with Crippen molar-refractivity contribution in [3.8, 4) is 39.2 Å². The van der Waals surface area contributed by atoms with Gasteiger partial charge in [0, 0.05) is 38.1 Å². The molecule has 36 heavy (non-hydrogen) atoms. The molecule has 6 rings (SSSR count). The Labute approximate surface area is 225 Å². The molecule has 0 unspecified atom stereocenters. The molecule has 4 aromatic carbocycles. The third kappa shape index (κ3) is 6.31. The predicted octanol–water partition coefficient (Wildman–Crippen LogP) is 7.55. The van der Waals surface area contributed by atoms with Crippen molar-refractivity contribution in [1.82, 2.24) is 14.8 Å². The second-order valence-corrected chi connectivity index (χ2v) is 7.86. The molecule has 4 heteroatoms. The summed E-state index contributed by atoms with van der Waals surface area (Å²) >= 11 is 0. The average Bonchev–Trinajstić information content (AvgIpc) is 3.46. The Kier molecular flexibility index (Phi) is 8.72. The van der Waals surface area contributed by atoms with Crippen molar-refractivity contribution in [2.75, 3.05) is 0 Å². The van der Waals surface area contributed by atoms with Crippen molar-refractivity contribution in [2.24, 2.45) is 0 Å². The van der Waals surface area contributed by atoms with E-state index in [-0.39, 0.29) is 20.1 Å². The first-order valence-corrected chi connectivity index (χ1v) is 11.4. The van der Waals surface area contributed by atoms with E-state index >= 15 is 0 Å². The van der Waals surface area contributed by atoms with Crippen LogP contribution in [0.25, 0.3) is 39.2 Å². The van der Waals surface area contributed by atoms with Crippen LogP contribution in [0.2, 0.25) is 0 Å². The van der Waals surface area contributed by atoms with Crippen LogP contribution in [0.4, 0.5) is 0 Å². The molecule has 3 nitrogen and oxygen atoms in total. The van der Waals surface area contributed by atoms with Crippen LogP contribution in [0, 0.1) is 12.1 Å². The molecule has 1 radical (unpaired) electrons. The summed E-state index contributed by atoms with van der Waals surface area (Å²) in [5.74, 6) is 0. The fraction of sp³-hybridized carbons (Fsp3) is 0. The normalized spacial score (nSPS) is 10.0. The monoisotopic (exact) mass is 642 g/mol. The minimum atomic E-state index is 0. The first kappa shape index (κ1) is 25.0. The molecular formula is C32H23IrN3-2. The standard InChI is InChI=1S/C21H15N2.C11H8N.Ir/c1-3-7-17(8-4-1)19-11-13-21(14-12-19)23-16-20(15-22-23)18-9-5-2-6-10-18;1-2-6-10(7-3-1)11-8-4-5-9-12-11;/h1-13,15-16H;1-6,8-9H;/q2*-1;. The summed E-state index contributed by atoms with van der Waals surface area (Å²) in [6.07, 6.45) is 5.70.